The molecule has 0 aromatic carbocycles. The van der Waals surface area contributed by atoms with Crippen LogP contribution in [0, 0.1) is 56.7 Å². The number of hydrogen-bond donors (Lipinski definition) is 0. The summed E-state index contributed by atoms with van der Waals surface area (Å²) in [6, 6.07) is 0. The number of carbonyl (C=O) groups excluding carboxylic acids is 1. The van der Waals surface area contributed by atoms with Crippen molar-refractivity contribution >= 4 is 5.97 Å². The van der Waals surface area contributed by atoms with Gasteiger partial charge in [0.15, 0.2) is 0 Å². The molecule has 9 atom stereocenters. The van der Waals surface area contributed by atoms with Crippen LogP contribution < -0.4 is 0 Å². The average Bonchev–Trinajstić information content (AvgIpc) is 3.10. The Kier molecular flexibility index (Phi) is 5.57. The average molecular weight is 469 g/mol. The Hall–Kier alpha value is -0.790. The highest BCUT2D eigenvalue weighted by Gasteiger charge is 2.68. The number of esters is 1. The van der Waals surface area contributed by atoms with Gasteiger partial charge in [0, 0.05) is 12.3 Å². The molecule has 5 aliphatic rings. The van der Waals surface area contributed by atoms with Gasteiger partial charge in [-0.3, -0.25) is 4.79 Å². The summed E-state index contributed by atoms with van der Waals surface area (Å²) in [5.74, 6) is 3.79. The highest BCUT2D eigenvalue weighted by atomic mass is 16.5. The van der Waals surface area contributed by atoms with Crippen LogP contribution >= 0.6 is 0 Å². The summed E-state index contributed by atoms with van der Waals surface area (Å²) in [6.45, 7) is 22.0. The van der Waals surface area contributed by atoms with Crippen LogP contribution in [0.15, 0.2) is 11.6 Å². The van der Waals surface area contributed by atoms with Crippen molar-refractivity contribution in [3.05, 3.63) is 11.6 Å². The molecule has 0 aromatic heterocycles. The first-order chi connectivity index (χ1) is 15.7. The number of allylic oxidation sites excluding steroid dienone is 2. The predicted octanol–water partition coefficient (Wildman–Crippen LogP) is 8.60. The number of fused-ring (bicyclic) bond motifs is 7. The maximum Gasteiger partial charge on any atom is 0.302 e. The van der Waals surface area contributed by atoms with Crippen molar-refractivity contribution < 1.29 is 9.53 Å². The normalized spacial score (nSPS) is 51.6. The van der Waals surface area contributed by atoms with Gasteiger partial charge in [0.25, 0.3) is 0 Å². The van der Waals surface area contributed by atoms with E-state index < -0.39 is 0 Å². The third-order valence-electron chi connectivity index (χ3n) is 13.5. The molecule has 5 rings (SSSR count). The Morgan fingerprint density at radius 3 is 2.21 bits per heavy atom. The summed E-state index contributed by atoms with van der Waals surface area (Å²) in [5.41, 5.74) is 3.46. The molecule has 4 fully saturated rings. The maximum absolute atomic E-state index is 11.9. The second-order valence-corrected chi connectivity index (χ2v) is 15.2. The summed E-state index contributed by atoms with van der Waals surface area (Å²) in [7, 11) is 0. The highest BCUT2D eigenvalue weighted by Crippen LogP contribution is 2.76. The molecule has 4 saturated carbocycles. The molecule has 5 aliphatic carbocycles. The van der Waals surface area contributed by atoms with E-state index >= 15 is 0 Å². The van der Waals surface area contributed by atoms with E-state index in [4.69, 9.17) is 4.74 Å². The summed E-state index contributed by atoms with van der Waals surface area (Å²) >= 11 is 0. The van der Waals surface area contributed by atoms with Crippen molar-refractivity contribution in [2.75, 3.05) is 0 Å². The molecule has 0 radical (unpaired) electrons. The molecule has 192 valence electrons. The van der Waals surface area contributed by atoms with Crippen LogP contribution in [0.3, 0.4) is 0 Å². The Bertz CT molecular complexity index is 883. The fraction of sp³-hybridized carbons (Fsp3) is 0.906. The minimum absolute atomic E-state index is 0.0349. The number of carbonyl (C=O) groups is 1. The Balaban J connectivity index is 1.51. The van der Waals surface area contributed by atoms with E-state index in [9.17, 15) is 4.79 Å². The van der Waals surface area contributed by atoms with E-state index in [1.165, 1.54) is 51.4 Å². The van der Waals surface area contributed by atoms with Crippen molar-refractivity contribution in [2.45, 2.75) is 126 Å². The minimum Gasteiger partial charge on any atom is -0.462 e. The molecule has 0 N–H and O–H groups in total. The van der Waals surface area contributed by atoms with E-state index in [-0.39, 0.29) is 22.9 Å². The zero-order valence-corrected chi connectivity index (χ0v) is 23.7. The van der Waals surface area contributed by atoms with Gasteiger partial charge in [-0.05, 0) is 109 Å². The monoisotopic (exact) mass is 468 g/mol. The lowest BCUT2D eigenvalue weighted by atomic mass is 9.35. The molecule has 0 bridgehead atoms. The molecule has 34 heavy (non-hydrogen) atoms. The standard InChI is InChI=1S/C32H52O2/c1-20(2)22-10-13-26-30(22,7)18-19-31(8)24-11-12-25-28(4,5)27(34-21(3)33)15-16-29(25,6)23(24)14-17-32(26,31)9/h14,20,22,24-27H,10-13,15-19H2,1-9H3/t22-,24?,25-,26?,27+,29+,30?,31+,32?/m0/s1. The minimum atomic E-state index is -0.114. The first-order valence-electron chi connectivity index (χ1n) is 14.6. The van der Waals surface area contributed by atoms with Crippen molar-refractivity contribution in [3.8, 4) is 0 Å². The fourth-order valence-electron chi connectivity index (χ4n) is 11.6. The fourth-order valence-corrected chi connectivity index (χ4v) is 11.6. The van der Waals surface area contributed by atoms with Gasteiger partial charge in [-0.15, -0.1) is 0 Å². The number of ether oxygens (including phenoxy) is 1. The van der Waals surface area contributed by atoms with Gasteiger partial charge in [0.05, 0.1) is 0 Å². The second kappa shape index (κ2) is 7.61. The molecular weight excluding hydrogens is 416 g/mol. The maximum atomic E-state index is 11.9. The van der Waals surface area contributed by atoms with E-state index in [1.54, 1.807) is 12.5 Å². The zero-order valence-electron chi connectivity index (χ0n) is 23.7. The molecule has 2 nitrogen and oxygen atoms in total. The van der Waals surface area contributed by atoms with Crippen LogP contribution in [-0.4, -0.2) is 12.1 Å². The molecule has 4 unspecified atom stereocenters. The largest absolute Gasteiger partial charge is 0.462 e. The Morgan fingerprint density at radius 2 is 1.56 bits per heavy atom. The van der Waals surface area contributed by atoms with Crippen LogP contribution in [0.1, 0.15) is 120 Å². The summed E-state index contributed by atoms with van der Waals surface area (Å²) in [5, 5.41) is 0. The van der Waals surface area contributed by atoms with Gasteiger partial charge in [0.2, 0.25) is 0 Å². The van der Waals surface area contributed by atoms with Crippen LogP contribution in [-0.2, 0) is 9.53 Å². The van der Waals surface area contributed by atoms with Crippen LogP contribution in [0.5, 0.6) is 0 Å². The van der Waals surface area contributed by atoms with Gasteiger partial charge in [-0.2, -0.15) is 0 Å². The van der Waals surface area contributed by atoms with Gasteiger partial charge in [-0.1, -0.05) is 67.0 Å². The SMILES string of the molecule is CC(=O)O[C@@H]1CC[C@]2(C)C3=CCC4(C)C5CC[C@@H](C(C)C)C5(C)CC[C@]4(C)C3CC[C@H]2C1(C)C. The lowest BCUT2D eigenvalue weighted by molar-refractivity contribution is -0.179. The molecule has 0 amide bonds. The zero-order chi connectivity index (χ0) is 24.9. The van der Waals surface area contributed by atoms with E-state index in [0.29, 0.717) is 22.2 Å². The molecule has 0 heterocycles. The molecule has 0 spiro atoms. The van der Waals surface area contributed by atoms with Crippen LogP contribution in [0.25, 0.3) is 0 Å². The summed E-state index contributed by atoms with van der Waals surface area (Å²) < 4.78 is 5.89. The predicted molar refractivity (Wildman–Crippen MR) is 140 cm³/mol. The lowest BCUT2D eigenvalue weighted by Crippen LogP contribution is -2.62. The molecule has 0 saturated heterocycles. The summed E-state index contributed by atoms with van der Waals surface area (Å²) in [6.07, 6.45) is 14.6. The van der Waals surface area contributed by atoms with Gasteiger partial charge < -0.3 is 4.74 Å². The molecule has 0 aromatic rings. The topological polar surface area (TPSA) is 26.3 Å². The first kappa shape index (κ1) is 24.9. The van der Waals surface area contributed by atoms with Crippen LogP contribution in [0.2, 0.25) is 0 Å². The smallest absolute Gasteiger partial charge is 0.302 e. The molecule has 2 heteroatoms. The van der Waals surface area contributed by atoms with Gasteiger partial charge in [0.1, 0.15) is 6.10 Å². The van der Waals surface area contributed by atoms with Crippen LogP contribution in [0.4, 0.5) is 0 Å². The quantitative estimate of drug-likeness (QED) is 0.299. The molecular formula is C32H52O2. The van der Waals surface area contributed by atoms with Gasteiger partial charge in [-0.25, -0.2) is 0 Å². The Morgan fingerprint density at radius 1 is 0.882 bits per heavy atom. The number of hydrogen-bond acceptors (Lipinski definition) is 2. The highest BCUT2D eigenvalue weighted by molar-refractivity contribution is 5.66. The van der Waals surface area contributed by atoms with E-state index in [2.05, 4.69) is 61.5 Å². The van der Waals surface area contributed by atoms with Crippen molar-refractivity contribution in [3.63, 3.8) is 0 Å². The third-order valence-corrected chi connectivity index (χ3v) is 13.5. The van der Waals surface area contributed by atoms with Crippen molar-refractivity contribution in [1.82, 2.24) is 0 Å². The lowest BCUT2D eigenvalue weighted by Gasteiger charge is -2.69. The van der Waals surface area contributed by atoms with E-state index in [1.807, 2.05) is 0 Å². The van der Waals surface area contributed by atoms with Gasteiger partial charge >= 0.3 is 5.97 Å². The molecule has 0 aliphatic heterocycles. The first-order valence-corrected chi connectivity index (χ1v) is 14.6. The third kappa shape index (κ3) is 3.01. The summed E-state index contributed by atoms with van der Waals surface area (Å²) in [4.78, 5) is 11.9. The van der Waals surface area contributed by atoms with E-state index in [0.717, 1.165) is 30.1 Å². The number of rotatable bonds is 2. The Labute approximate surface area is 210 Å². The van der Waals surface area contributed by atoms with Crippen molar-refractivity contribution in [1.29, 1.82) is 0 Å². The van der Waals surface area contributed by atoms with Crippen molar-refractivity contribution in [2.24, 2.45) is 56.7 Å². The second-order valence-electron chi connectivity index (χ2n) is 15.2.